The number of carbonyl (C=O) groups excluding carboxylic acids is 1. The summed E-state index contributed by atoms with van der Waals surface area (Å²) < 4.78 is 15.3. The van der Waals surface area contributed by atoms with E-state index in [2.05, 4.69) is 20.3 Å². The number of phenols is 1. The van der Waals surface area contributed by atoms with Gasteiger partial charge in [-0.2, -0.15) is 0 Å². The average Bonchev–Trinajstić information content (AvgIpc) is 2.98. The maximum absolute atomic E-state index is 14.3. The van der Waals surface area contributed by atoms with Crippen LogP contribution >= 0.6 is 0 Å². The number of carbonyl (C=O) groups is 1. The van der Waals surface area contributed by atoms with Crippen molar-refractivity contribution in [3.05, 3.63) is 64.8 Å². The van der Waals surface area contributed by atoms with Crippen LogP contribution in [0.2, 0.25) is 0 Å². The first kappa shape index (κ1) is 16.5. The van der Waals surface area contributed by atoms with E-state index in [1.54, 1.807) is 18.2 Å². The number of hydrogen-bond donors (Lipinski definition) is 3. The first-order chi connectivity index (χ1) is 13.1. The molecule has 2 aromatic carbocycles. The van der Waals surface area contributed by atoms with E-state index in [1.807, 2.05) is 0 Å². The highest BCUT2D eigenvalue weighted by Gasteiger charge is 2.19. The van der Waals surface area contributed by atoms with Gasteiger partial charge < -0.3 is 15.4 Å². The Morgan fingerprint density at radius 1 is 1.15 bits per heavy atom. The Balaban J connectivity index is 2.06. The van der Waals surface area contributed by atoms with Crippen LogP contribution in [0, 0.1) is 5.82 Å². The molecule has 0 bridgehead atoms. The van der Waals surface area contributed by atoms with Gasteiger partial charge >= 0.3 is 5.69 Å². The summed E-state index contributed by atoms with van der Waals surface area (Å²) in [5.74, 6) is -0.406. The molecule has 0 fully saturated rings. The monoisotopic (exact) mass is 365 g/mol. The van der Waals surface area contributed by atoms with Crippen molar-refractivity contribution >= 4 is 23.4 Å². The van der Waals surface area contributed by atoms with E-state index in [-0.39, 0.29) is 34.2 Å². The first-order valence-corrected chi connectivity index (χ1v) is 7.86. The molecule has 8 nitrogen and oxygen atoms in total. The van der Waals surface area contributed by atoms with Crippen LogP contribution in [0.25, 0.3) is 28.2 Å². The number of fused-ring (bicyclic) bond motifs is 1. The van der Waals surface area contributed by atoms with Gasteiger partial charge in [0.15, 0.2) is 17.3 Å². The molecule has 0 radical (unpaired) electrons. The second-order valence-electron chi connectivity index (χ2n) is 5.62. The van der Waals surface area contributed by atoms with Crippen LogP contribution in [-0.4, -0.2) is 31.0 Å². The molecule has 0 spiro atoms. The number of aromatic nitrogens is 4. The minimum absolute atomic E-state index is 0.00153. The summed E-state index contributed by atoms with van der Waals surface area (Å²) in [5.41, 5.74) is 0.0689. The van der Waals surface area contributed by atoms with Crippen molar-refractivity contribution in [2.75, 3.05) is 5.32 Å². The molecule has 27 heavy (non-hydrogen) atoms. The molecular formula is C18H12FN5O3. The number of amides is 1. The maximum Gasteiger partial charge on any atom is 0.332 e. The molecule has 0 aliphatic heterocycles. The van der Waals surface area contributed by atoms with E-state index in [9.17, 15) is 19.1 Å². The third-order valence-corrected chi connectivity index (χ3v) is 3.93. The summed E-state index contributed by atoms with van der Waals surface area (Å²) in [7, 11) is 0. The van der Waals surface area contributed by atoms with Crippen molar-refractivity contribution in [3.63, 3.8) is 0 Å². The Labute approximate surface area is 151 Å². The fourth-order valence-electron chi connectivity index (χ4n) is 2.78. The lowest BCUT2D eigenvalue weighted by molar-refractivity contribution is -0.105. The van der Waals surface area contributed by atoms with Crippen molar-refractivity contribution in [3.8, 4) is 22.8 Å². The van der Waals surface area contributed by atoms with E-state index >= 15 is 0 Å². The molecule has 0 atom stereocenters. The zero-order chi connectivity index (χ0) is 19.0. The Bertz CT molecular complexity index is 1230. The van der Waals surface area contributed by atoms with Crippen LogP contribution in [-0.2, 0) is 4.79 Å². The normalized spacial score (nSPS) is 10.9. The molecule has 0 saturated carbocycles. The predicted molar refractivity (Wildman–Crippen MR) is 96.2 cm³/mol. The van der Waals surface area contributed by atoms with Crippen LogP contribution in [0.1, 0.15) is 0 Å². The number of benzene rings is 2. The SMILES string of the molecule is O=CNc1nc(-c2cccc(O)c2)nc2c1[nH]c(=O)n2-c1ccccc1F. The molecule has 3 N–H and O–H groups in total. The third kappa shape index (κ3) is 2.80. The Morgan fingerprint density at radius 3 is 2.70 bits per heavy atom. The van der Waals surface area contributed by atoms with Gasteiger partial charge in [-0.15, -0.1) is 0 Å². The van der Waals surface area contributed by atoms with Gasteiger partial charge in [0, 0.05) is 5.56 Å². The molecule has 0 aliphatic rings. The average molecular weight is 365 g/mol. The van der Waals surface area contributed by atoms with Gasteiger partial charge in [-0.3, -0.25) is 4.79 Å². The minimum Gasteiger partial charge on any atom is -0.508 e. The number of para-hydroxylation sites is 1. The van der Waals surface area contributed by atoms with Crippen LogP contribution < -0.4 is 11.0 Å². The van der Waals surface area contributed by atoms with Gasteiger partial charge in [0.25, 0.3) is 0 Å². The number of H-pyrrole nitrogens is 1. The first-order valence-electron chi connectivity index (χ1n) is 7.86. The maximum atomic E-state index is 14.3. The molecule has 2 aromatic heterocycles. The molecule has 2 heterocycles. The largest absolute Gasteiger partial charge is 0.508 e. The van der Waals surface area contributed by atoms with E-state index in [0.29, 0.717) is 12.0 Å². The number of halogens is 1. The molecule has 0 aliphatic carbocycles. The third-order valence-electron chi connectivity index (χ3n) is 3.93. The van der Waals surface area contributed by atoms with Crippen LogP contribution in [0.3, 0.4) is 0 Å². The Morgan fingerprint density at radius 2 is 1.96 bits per heavy atom. The lowest BCUT2D eigenvalue weighted by Gasteiger charge is -2.08. The molecule has 0 saturated heterocycles. The van der Waals surface area contributed by atoms with E-state index in [1.165, 1.54) is 30.3 Å². The summed E-state index contributed by atoms with van der Waals surface area (Å²) in [5, 5.41) is 12.1. The van der Waals surface area contributed by atoms with Gasteiger partial charge in [0.05, 0.1) is 5.69 Å². The zero-order valence-electron chi connectivity index (χ0n) is 13.7. The van der Waals surface area contributed by atoms with Crippen molar-refractivity contribution in [1.29, 1.82) is 0 Å². The molecule has 0 unspecified atom stereocenters. The molecule has 4 rings (SSSR count). The predicted octanol–water partition coefficient (Wildman–Crippen LogP) is 2.19. The van der Waals surface area contributed by atoms with Gasteiger partial charge in [0.1, 0.15) is 17.1 Å². The Hall–Kier alpha value is -4.01. The number of hydrogen-bond acceptors (Lipinski definition) is 5. The summed E-state index contributed by atoms with van der Waals surface area (Å²) in [6.07, 6.45) is 0.409. The van der Waals surface area contributed by atoms with Crippen molar-refractivity contribution in [2.24, 2.45) is 0 Å². The fourth-order valence-corrected chi connectivity index (χ4v) is 2.78. The number of aromatic amines is 1. The van der Waals surface area contributed by atoms with Crippen LogP contribution in [0.15, 0.2) is 53.3 Å². The number of aromatic hydroxyl groups is 1. The van der Waals surface area contributed by atoms with Crippen LogP contribution in [0.4, 0.5) is 10.2 Å². The summed E-state index contributed by atoms with van der Waals surface area (Å²) in [6.45, 7) is 0. The van der Waals surface area contributed by atoms with Crippen molar-refractivity contribution in [1.82, 2.24) is 19.5 Å². The van der Waals surface area contributed by atoms with Gasteiger partial charge in [0.2, 0.25) is 6.41 Å². The fraction of sp³-hybridized carbons (Fsp3) is 0. The Kier molecular flexibility index (Phi) is 3.88. The van der Waals surface area contributed by atoms with Gasteiger partial charge in [-0.1, -0.05) is 24.3 Å². The quantitative estimate of drug-likeness (QED) is 0.480. The van der Waals surface area contributed by atoms with Gasteiger partial charge in [-0.25, -0.2) is 23.7 Å². The molecule has 1 amide bonds. The number of nitrogens with one attached hydrogen (secondary N) is 2. The molecule has 9 heteroatoms. The number of rotatable bonds is 4. The highest BCUT2D eigenvalue weighted by molar-refractivity contribution is 5.90. The standard InChI is InChI=1S/C18H12FN5O3/c19-12-6-1-2-7-13(12)24-17-14(21-18(24)27)16(20-9-25)22-15(23-17)10-4-3-5-11(26)8-10/h1-9,26H,(H,21,27)(H,20,22,23,25). The van der Waals surface area contributed by atoms with Gasteiger partial charge in [-0.05, 0) is 24.3 Å². The van der Waals surface area contributed by atoms with Crippen molar-refractivity contribution in [2.45, 2.75) is 0 Å². The summed E-state index contributed by atoms with van der Waals surface area (Å²) in [4.78, 5) is 34.6. The van der Waals surface area contributed by atoms with E-state index in [0.717, 1.165) is 4.57 Å². The molecule has 134 valence electrons. The second-order valence-corrected chi connectivity index (χ2v) is 5.62. The lowest BCUT2D eigenvalue weighted by atomic mass is 10.2. The summed E-state index contributed by atoms with van der Waals surface area (Å²) >= 11 is 0. The second kappa shape index (κ2) is 6.37. The number of nitrogens with zero attached hydrogens (tertiary/aromatic N) is 3. The van der Waals surface area contributed by atoms with E-state index in [4.69, 9.17) is 0 Å². The summed E-state index contributed by atoms with van der Waals surface area (Å²) in [6, 6.07) is 11.9. The smallest absolute Gasteiger partial charge is 0.332 e. The van der Waals surface area contributed by atoms with Crippen molar-refractivity contribution < 1.29 is 14.3 Å². The topological polar surface area (TPSA) is 113 Å². The minimum atomic E-state index is -0.633. The highest BCUT2D eigenvalue weighted by atomic mass is 19.1. The highest BCUT2D eigenvalue weighted by Crippen LogP contribution is 2.26. The number of anilines is 1. The van der Waals surface area contributed by atoms with Crippen LogP contribution in [0.5, 0.6) is 5.75 Å². The molecule has 4 aromatic rings. The zero-order valence-corrected chi connectivity index (χ0v) is 13.7. The lowest BCUT2D eigenvalue weighted by Crippen LogP contribution is -2.16. The van der Waals surface area contributed by atoms with E-state index < -0.39 is 11.5 Å². The number of phenolic OH excluding ortho intramolecular Hbond substituents is 1. The number of imidazole rings is 1. The molecular weight excluding hydrogens is 353 g/mol.